The van der Waals surface area contributed by atoms with Gasteiger partial charge >= 0.3 is 0 Å². The largest absolute Gasteiger partial charge is 0.363 e. The topological polar surface area (TPSA) is 24.1 Å². The zero-order chi connectivity index (χ0) is 13.8. The van der Waals surface area contributed by atoms with Gasteiger partial charge in [0.25, 0.3) is 0 Å². The molecule has 1 unspecified atom stereocenters. The normalized spacial score (nSPS) is 12.9. The van der Waals surface area contributed by atoms with Gasteiger partial charge in [0.1, 0.15) is 0 Å². The highest BCUT2D eigenvalue weighted by molar-refractivity contribution is 7.80. The summed E-state index contributed by atoms with van der Waals surface area (Å²) in [6.45, 7) is 11.7. The van der Waals surface area contributed by atoms with Gasteiger partial charge in [-0.25, -0.2) is 0 Å². The lowest BCUT2D eigenvalue weighted by molar-refractivity contribution is 0.589. The smallest absolute Gasteiger partial charge is 0.166 e. The first-order chi connectivity index (χ1) is 8.34. The van der Waals surface area contributed by atoms with Gasteiger partial charge < -0.3 is 10.6 Å². The van der Waals surface area contributed by atoms with Crippen molar-refractivity contribution in [1.29, 1.82) is 0 Å². The maximum Gasteiger partial charge on any atom is 0.166 e. The van der Waals surface area contributed by atoms with Crippen molar-refractivity contribution in [3.8, 4) is 0 Å². The van der Waals surface area contributed by atoms with Crippen LogP contribution in [0.5, 0.6) is 0 Å². The van der Waals surface area contributed by atoms with Gasteiger partial charge in [0.05, 0.1) is 6.04 Å². The van der Waals surface area contributed by atoms with Crippen LogP contribution in [0, 0.1) is 0 Å². The predicted molar refractivity (Wildman–Crippen MR) is 83.0 cm³/mol. The molecule has 0 bridgehead atoms. The highest BCUT2D eigenvalue weighted by atomic mass is 32.1. The molecule has 1 rings (SSSR count). The summed E-state index contributed by atoms with van der Waals surface area (Å²) in [4.78, 5) is 0. The minimum Gasteiger partial charge on any atom is -0.363 e. The Labute approximate surface area is 116 Å². The zero-order valence-electron chi connectivity index (χ0n) is 12.0. The lowest BCUT2D eigenvalue weighted by atomic mass is 9.86. The first kappa shape index (κ1) is 15.0. The summed E-state index contributed by atoms with van der Waals surface area (Å²) in [5, 5.41) is 7.09. The molecule has 0 aliphatic carbocycles. The van der Waals surface area contributed by atoms with E-state index in [-0.39, 0.29) is 11.5 Å². The summed E-state index contributed by atoms with van der Waals surface area (Å²) in [6, 6.07) is 8.97. The standard InChI is InChI=1S/C15H24N2S/c1-6-16-14(18)17-11(2)12-7-9-13(10-8-12)15(3,4)5/h7-11H,6H2,1-5H3,(H2,16,17,18). The van der Waals surface area contributed by atoms with Crippen molar-refractivity contribution in [2.24, 2.45) is 0 Å². The van der Waals surface area contributed by atoms with E-state index in [1.54, 1.807) is 0 Å². The molecule has 0 saturated heterocycles. The summed E-state index contributed by atoms with van der Waals surface area (Å²) in [5.74, 6) is 0. The van der Waals surface area contributed by atoms with Crippen LogP contribution >= 0.6 is 12.2 Å². The van der Waals surface area contributed by atoms with Gasteiger partial charge in [-0.05, 0) is 42.6 Å². The molecule has 3 heteroatoms. The first-order valence-electron chi connectivity index (χ1n) is 6.49. The third-order valence-corrected chi connectivity index (χ3v) is 3.22. The molecule has 0 spiro atoms. The van der Waals surface area contributed by atoms with Crippen LogP contribution < -0.4 is 10.6 Å². The van der Waals surface area contributed by atoms with Gasteiger partial charge in [-0.2, -0.15) is 0 Å². The summed E-state index contributed by atoms with van der Waals surface area (Å²) in [7, 11) is 0. The number of benzene rings is 1. The maximum atomic E-state index is 5.19. The fraction of sp³-hybridized carbons (Fsp3) is 0.533. The van der Waals surface area contributed by atoms with E-state index >= 15 is 0 Å². The maximum absolute atomic E-state index is 5.19. The Kier molecular flexibility index (Phi) is 5.15. The molecule has 1 atom stereocenters. The zero-order valence-corrected chi connectivity index (χ0v) is 12.8. The Bertz CT molecular complexity index is 390. The Morgan fingerprint density at radius 1 is 1.22 bits per heavy atom. The van der Waals surface area contributed by atoms with Crippen LogP contribution in [0.2, 0.25) is 0 Å². The van der Waals surface area contributed by atoms with Crippen molar-refractivity contribution in [2.75, 3.05) is 6.54 Å². The molecule has 0 radical (unpaired) electrons. The molecule has 0 heterocycles. The summed E-state index contributed by atoms with van der Waals surface area (Å²) in [6.07, 6.45) is 0. The molecule has 0 fully saturated rings. The van der Waals surface area contributed by atoms with Crippen LogP contribution in [0.3, 0.4) is 0 Å². The van der Waals surface area contributed by atoms with Gasteiger partial charge in [-0.15, -0.1) is 0 Å². The van der Waals surface area contributed by atoms with Gasteiger partial charge in [0, 0.05) is 6.54 Å². The van der Waals surface area contributed by atoms with E-state index in [0.717, 1.165) is 6.54 Å². The third-order valence-electron chi connectivity index (χ3n) is 2.96. The van der Waals surface area contributed by atoms with E-state index in [2.05, 4.69) is 62.6 Å². The van der Waals surface area contributed by atoms with Crippen LogP contribution in [0.4, 0.5) is 0 Å². The lowest BCUT2D eigenvalue weighted by Crippen LogP contribution is -2.36. The van der Waals surface area contributed by atoms with E-state index < -0.39 is 0 Å². The van der Waals surface area contributed by atoms with Gasteiger partial charge in [0.15, 0.2) is 5.11 Å². The second-order valence-electron chi connectivity index (χ2n) is 5.60. The molecule has 0 aliphatic rings. The molecule has 18 heavy (non-hydrogen) atoms. The van der Waals surface area contributed by atoms with Crippen molar-refractivity contribution in [1.82, 2.24) is 10.6 Å². The lowest BCUT2D eigenvalue weighted by Gasteiger charge is -2.21. The molecular formula is C15H24N2S. The fourth-order valence-electron chi connectivity index (χ4n) is 1.76. The van der Waals surface area contributed by atoms with Crippen molar-refractivity contribution in [3.63, 3.8) is 0 Å². The molecule has 0 aliphatic heterocycles. The van der Waals surface area contributed by atoms with Crippen LogP contribution in [-0.2, 0) is 5.41 Å². The highest BCUT2D eigenvalue weighted by Gasteiger charge is 2.14. The molecular weight excluding hydrogens is 240 g/mol. The van der Waals surface area contributed by atoms with Crippen molar-refractivity contribution < 1.29 is 0 Å². The van der Waals surface area contributed by atoms with Gasteiger partial charge in [0.2, 0.25) is 0 Å². The number of rotatable bonds is 3. The summed E-state index contributed by atoms with van der Waals surface area (Å²) < 4.78 is 0. The van der Waals surface area contributed by atoms with E-state index in [1.165, 1.54) is 11.1 Å². The number of hydrogen-bond donors (Lipinski definition) is 2. The van der Waals surface area contributed by atoms with E-state index in [9.17, 15) is 0 Å². The quantitative estimate of drug-likeness (QED) is 0.817. The molecule has 2 nitrogen and oxygen atoms in total. The second-order valence-corrected chi connectivity index (χ2v) is 6.01. The van der Waals surface area contributed by atoms with Crippen molar-refractivity contribution in [2.45, 2.75) is 46.1 Å². The summed E-state index contributed by atoms with van der Waals surface area (Å²) in [5.41, 5.74) is 2.81. The Hall–Kier alpha value is -1.09. The Balaban J connectivity index is 2.70. The van der Waals surface area contributed by atoms with Crippen molar-refractivity contribution in [3.05, 3.63) is 35.4 Å². The van der Waals surface area contributed by atoms with E-state index in [0.29, 0.717) is 5.11 Å². The van der Waals surface area contributed by atoms with Crippen LogP contribution in [0.25, 0.3) is 0 Å². The third kappa shape index (κ3) is 4.30. The molecule has 1 aromatic rings. The van der Waals surface area contributed by atoms with Crippen LogP contribution in [0.1, 0.15) is 51.8 Å². The Morgan fingerprint density at radius 3 is 2.22 bits per heavy atom. The minimum absolute atomic E-state index is 0.203. The fourth-order valence-corrected chi connectivity index (χ4v) is 2.08. The molecule has 2 N–H and O–H groups in total. The summed E-state index contributed by atoms with van der Waals surface area (Å²) >= 11 is 5.19. The van der Waals surface area contributed by atoms with E-state index in [4.69, 9.17) is 12.2 Å². The monoisotopic (exact) mass is 264 g/mol. The number of thiocarbonyl (C=S) groups is 1. The molecule has 1 aromatic carbocycles. The van der Waals surface area contributed by atoms with Gasteiger partial charge in [-0.1, -0.05) is 45.0 Å². The second kappa shape index (κ2) is 6.19. The molecule has 0 saturated carbocycles. The number of nitrogens with one attached hydrogen (secondary N) is 2. The predicted octanol–water partition coefficient (Wildman–Crippen LogP) is 3.53. The first-order valence-corrected chi connectivity index (χ1v) is 6.90. The number of hydrogen-bond acceptors (Lipinski definition) is 1. The molecule has 0 aromatic heterocycles. The Morgan fingerprint density at radius 2 is 1.78 bits per heavy atom. The average Bonchev–Trinajstić information content (AvgIpc) is 2.28. The SMILES string of the molecule is CCNC(=S)NC(C)c1ccc(C(C)(C)C)cc1. The van der Waals surface area contributed by atoms with E-state index in [1.807, 2.05) is 6.92 Å². The molecule has 100 valence electrons. The average molecular weight is 264 g/mol. The van der Waals surface area contributed by atoms with Crippen LogP contribution in [-0.4, -0.2) is 11.7 Å². The van der Waals surface area contributed by atoms with Gasteiger partial charge in [-0.3, -0.25) is 0 Å². The van der Waals surface area contributed by atoms with Crippen LogP contribution in [0.15, 0.2) is 24.3 Å². The molecule has 0 amide bonds. The minimum atomic E-state index is 0.203. The highest BCUT2D eigenvalue weighted by Crippen LogP contribution is 2.23. The van der Waals surface area contributed by atoms with Crippen molar-refractivity contribution >= 4 is 17.3 Å².